The summed E-state index contributed by atoms with van der Waals surface area (Å²) in [6.45, 7) is 5.83. The minimum Gasteiger partial charge on any atom is -0.372 e. The zero-order valence-corrected chi connectivity index (χ0v) is 16.4. The molecule has 0 saturated carbocycles. The number of unbranched alkanes of at least 4 members (excludes halogenated alkanes) is 1. The maximum atomic E-state index is 12.5. The zero-order chi connectivity index (χ0) is 19.1. The van der Waals surface area contributed by atoms with Gasteiger partial charge < -0.3 is 14.5 Å². The molecule has 1 atom stereocenters. The van der Waals surface area contributed by atoms with E-state index in [1.807, 2.05) is 21.9 Å². The molecule has 2 aliphatic rings. The van der Waals surface area contributed by atoms with Gasteiger partial charge in [0.25, 0.3) is 0 Å². The Kier molecular flexibility index (Phi) is 6.83. The van der Waals surface area contributed by atoms with E-state index in [1.165, 1.54) is 0 Å². The third-order valence-electron chi connectivity index (χ3n) is 5.75. The molecule has 2 aliphatic heterocycles. The Hall–Kier alpha value is -1.95. The summed E-state index contributed by atoms with van der Waals surface area (Å²) in [5, 5.41) is 0. The lowest BCUT2D eigenvalue weighted by molar-refractivity contribution is -0.145. The van der Waals surface area contributed by atoms with E-state index in [2.05, 4.69) is 11.9 Å². The number of carbonyl (C=O) groups is 2. The maximum absolute atomic E-state index is 12.5. The van der Waals surface area contributed by atoms with Crippen LogP contribution in [0.15, 0.2) is 24.5 Å². The van der Waals surface area contributed by atoms with Crippen molar-refractivity contribution >= 4 is 11.8 Å². The van der Waals surface area contributed by atoms with E-state index in [1.54, 1.807) is 12.4 Å². The Bertz CT molecular complexity index is 637. The molecule has 0 unspecified atom stereocenters. The predicted octanol–water partition coefficient (Wildman–Crippen LogP) is 2.63. The van der Waals surface area contributed by atoms with Crippen molar-refractivity contribution in [3.63, 3.8) is 0 Å². The maximum Gasteiger partial charge on any atom is 0.248 e. The largest absolute Gasteiger partial charge is 0.372 e. The molecule has 0 aromatic carbocycles. The van der Waals surface area contributed by atoms with Gasteiger partial charge >= 0.3 is 0 Å². The van der Waals surface area contributed by atoms with Gasteiger partial charge in [-0.15, -0.1) is 0 Å². The monoisotopic (exact) mass is 373 g/mol. The molecule has 1 aromatic heterocycles. The van der Waals surface area contributed by atoms with E-state index in [9.17, 15) is 9.59 Å². The van der Waals surface area contributed by atoms with Crippen LogP contribution in [-0.2, 0) is 20.9 Å². The summed E-state index contributed by atoms with van der Waals surface area (Å²) in [5.74, 6) is 0.298. The number of pyridine rings is 1. The number of nitrogens with zero attached hydrogens (tertiary/aromatic N) is 3. The number of aromatic nitrogens is 1. The van der Waals surface area contributed by atoms with Gasteiger partial charge in [-0.2, -0.15) is 0 Å². The molecule has 2 fully saturated rings. The van der Waals surface area contributed by atoms with Crippen LogP contribution in [0.4, 0.5) is 0 Å². The molecule has 2 saturated heterocycles. The van der Waals surface area contributed by atoms with Gasteiger partial charge in [0.2, 0.25) is 11.8 Å². The summed E-state index contributed by atoms with van der Waals surface area (Å²) in [4.78, 5) is 33.0. The molecule has 3 heterocycles. The molecule has 27 heavy (non-hydrogen) atoms. The van der Waals surface area contributed by atoms with Gasteiger partial charge in [0.1, 0.15) is 6.61 Å². The number of carbonyl (C=O) groups excluding carboxylic acids is 2. The zero-order valence-electron chi connectivity index (χ0n) is 16.4. The molecule has 0 radical (unpaired) electrons. The molecule has 6 nitrogen and oxygen atoms in total. The van der Waals surface area contributed by atoms with Crippen molar-refractivity contribution in [2.75, 3.05) is 32.8 Å². The van der Waals surface area contributed by atoms with Gasteiger partial charge in [0.05, 0.1) is 0 Å². The fourth-order valence-corrected chi connectivity index (χ4v) is 4.21. The number of rotatable bonds is 7. The summed E-state index contributed by atoms with van der Waals surface area (Å²) in [7, 11) is 0. The minimum atomic E-state index is 0.0261. The average Bonchev–Trinajstić information content (AvgIpc) is 2.69. The van der Waals surface area contributed by atoms with Crippen molar-refractivity contribution in [3.05, 3.63) is 30.1 Å². The van der Waals surface area contributed by atoms with Crippen LogP contribution >= 0.6 is 0 Å². The van der Waals surface area contributed by atoms with Crippen LogP contribution in [0.25, 0.3) is 0 Å². The first-order valence-electron chi connectivity index (χ1n) is 10.1. The molecule has 0 bridgehead atoms. The van der Waals surface area contributed by atoms with Crippen LogP contribution in [0.1, 0.15) is 51.0 Å². The summed E-state index contributed by atoms with van der Waals surface area (Å²) in [5.41, 5.74) is 1.13. The highest BCUT2D eigenvalue weighted by molar-refractivity contribution is 5.78. The highest BCUT2D eigenvalue weighted by Gasteiger charge is 2.42. The first-order chi connectivity index (χ1) is 13.1. The first-order valence-corrected chi connectivity index (χ1v) is 10.1. The number of ether oxygens (including phenoxy) is 1. The highest BCUT2D eigenvalue weighted by Crippen LogP contribution is 2.39. The Morgan fingerprint density at radius 1 is 1.26 bits per heavy atom. The highest BCUT2D eigenvalue weighted by atomic mass is 16.5. The van der Waals surface area contributed by atoms with Gasteiger partial charge in [-0.05, 0) is 43.4 Å². The summed E-state index contributed by atoms with van der Waals surface area (Å²) in [6.07, 6.45) is 9.11. The van der Waals surface area contributed by atoms with Gasteiger partial charge in [0.15, 0.2) is 0 Å². The second-order valence-corrected chi connectivity index (χ2v) is 7.93. The number of piperidine rings is 2. The van der Waals surface area contributed by atoms with E-state index in [0.29, 0.717) is 19.6 Å². The van der Waals surface area contributed by atoms with Crippen LogP contribution in [0.2, 0.25) is 0 Å². The third kappa shape index (κ3) is 5.28. The van der Waals surface area contributed by atoms with Crippen molar-refractivity contribution in [3.8, 4) is 0 Å². The van der Waals surface area contributed by atoms with Gasteiger partial charge in [-0.25, -0.2) is 0 Å². The smallest absolute Gasteiger partial charge is 0.248 e. The van der Waals surface area contributed by atoms with Crippen LogP contribution in [0.5, 0.6) is 0 Å². The molecule has 1 spiro atoms. The van der Waals surface area contributed by atoms with Crippen molar-refractivity contribution in [2.24, 2.45) is 5.41 Å². The van der Waals surface area contributed by atoms with E-state index < -0.39 is 0 Å². The lowest BCUT2D eigenvalue weighted by atomic mass is 9.73. The number of hydrogen-bond acceptors (Lipinski definition) is 4. The average molecular weight is 373 g/mol. The standard InChI is InChI=1S/C21H31N3O3/c1-2-3-13-27-15-20(26)23-12-4-8-21(16-23)9-5-19(25)24(17-21)14-18-6-10-22-11-7-18/h6-7,10-11H,2-5,8-9,12-17H2,1H3/t21-/m0/s1. The Balaban J connectivity index is 1.59. The molecule has 6 heteroatoms. The second-order valence-electron chi connectivity index (χ2n) is 7.93. The molecule has 0 N–H and O–H groups in total. The SMILES string of the molecule is CCCCOCC(=O)N1CCC[C@]2(CCC(=O)N(Cc3ccncc3)C2)C1. The van der Waals surface area contributed by atoms with Crippen LogP contribution in [0.3, 0.4) is 0 Å². The number of hydrogen-bond donors (Lipinski definition) is 0. The second kappa shape index (κ2) is 9.31. The third-order valence-corrected chi connectivity index (χ3v) is 5.75. The summed E-state index contributed by atoms with van der Waals surface area (Å²) in [6, 6.07) is 3.91. The normalized spacial score (nSPS) is 23.1. The van der Waals surface area contributed by atoms with Gasteiger partial charge in [0, 0.05) is 57.0 Å². The molecular formula is C21H31N3O3. The predicted molar refractivity (Wildman–Crippen MR) is 103 cm³/mol. The quantitative estimate of drug-likeness (QED) is 0.689. The Morgan fingerprint density at radius 3 is 2.85 bits per heavy atom. The lowest BCUT2D eigenvalue weighted by Crippen LogP contribution is -2.55. The molecule has 2 amide bonds. The van der Waals surface area contributed by atoms with E-state index in [-0.39, 0.29) is 23.8 Å². The van der Waals surface area contributed by atoms with E-state index >= 15 is 0 Å². The molecule has 1 aromatic rings. The van der Waals surface area contributed by atoms with Gasteiger partial charge in [-0.3, -0.25) is 14.6 Å². The molecule has 0 aliphatic carbocycles. The Morgan fingerprint density at radius 2 is 2.07 bits per heavy atom. The molecular weight excluding hydrogens is 342 g/mol. The fraction of sp³-hybridized carbons (Fsp3) is 0.667. The first kappa shape index (κ1) is 19.8. The van der Waals surface area contributed by atoms with E-state index in [4.69, 9.17) is 4.74 Å². The Labute approximate surface area is 161 Å². The van der Waals surface area contributed by atoms with Crippen LogP contribution in [0, 0.1) is 5.41 Å². The lowest BCUT2D eigenvalue weighted by Gasteiger charge is -2.48. The number of likely N-dealkylation sites (tertiary alicyclic amines) is 2. The fourth-order valence-electron chi connectivity index (χ4n) is 4.21. The van der Waals surface area contributed by atoms with Crippen LogP contribution in [-0.4, -0.2) is 59.4 Å². The summed E-state index contributed by atoms with van der Waals surface area (Å²) >= 11 is 0. The van der Waals surface area contributed by atoms with E-state index in [0.717, 1.165) is 57.3 Å². The number of amides is 2. The van der Waals surface area contributed by atoms with Crippen molar-refractivity contribution in [1.82, 2.24) is 14.8 Å². The van der Waals surface area contributed by atoms with Crippen molar-refractivity contribution < 1.29 is 14.3 Å². The molecule has 148 valence electrons. The van der Waals surface area contributed by atoms with Crippen LogP contribution < -0.4 is 0 Å². The van der Waals surface area contributed by atoms with Crippen molar-refractivity contribution in [2.45, 2.75) is 52.0 Å². The molecule has 3 rings (SSSR count). The minimum absolute atomic E-state index is 0.0261. The van der Waals surface area contributed by atoms with Gasteiger partial charge in [-0.1, -0.05) is 13.3 Å². The summed E-state index contributed by atoms with van der Waals surface area (Å²) < 4.78 is 5.52. The van der Waals surface area contributed by atoms with Crippen molar-refractivity contribution in [1.29, 1.82) is 0 Å². The topological polar surface area (TPSA) is 62.7 Å².